The van der Waals surface area contributed by atoms with Crippen molar-refractivity contribution in [1.29, 1.82) is 0 Å². The number of anilines is 2. The van der Waals surface area contributed by atoms with Gasteiger partial charge >= 0.3 is 6.03 Å². The third-order valence-electron chi connectivity index (χ3n) is 6.45. The van der Waals surface area contributed by atoms with Gasteiger partial charge in [-0.25, -0.2) is 9.78 Å². The summed E-state index contributed by atoms with van der Waals surface area (Å²) in [5.41, 5.74) is 2.22. The van der Waals surface area contributed by atoms with Crippen LogP contribution in [0, 0.1) is 0 Å². The third-order valence-corrected chi connectivity index (χ3v) is 7.74. The molecule has 3 unspecified atom stereocenters. The first-order valence-corrected chi connectivity index (χ1v) is 12.6. The molecule has 3 aromatic rings. The zero-order valence-corrected chi connectivity index (χ0v) is 20.0. The number of carbonyl (C=O) groups is 3. The second kappa shape index (κ2) is 9.19. The Morgan fingerprint density at radius 1 is 1.06 bits per heavy atom. The van der Waals surface area contributed by atoms with Crippen molar-refractivity contribution in [3.05, 3.63) is 72.4 Å². The molecule has 36 heavy (non-hydrogen) atoms. The number of piperidine rings is 1. The minimum atomic E-state index is -0.543. The minimum absolute atomic E-state index is 0.00344. The number of para-hydroxylation sites is 1. The monoisotopic (exact) mass is 501 g/mol. The van der Waals surface area contributed by atoms with Gasteiger partial charge in [-0.05, 0) is 48.9 Å². The highest BCUT2D eigenvalue weighted by Gasteiger charge is 2.47. The number of urea groups is 1. The van der Waals surface area contributed by atoms with Crippen LogP contribution < -0.4 is 25.6 Å². The van der Waals surface area contributed by atoms with Gasteiger partial charge in [0.15, 0.2) is 0 Å². The molecule has 3 aliphatic heterocycles. The molecule has 0 saturated carbocycles. The molecule has 3 atom stereocenters. The van der Waals surface area contributed by atoms with E-state index in [1.165, 1.54) is 11.8 Å². The maximum absolute atomic E-state index is 13.3. The van der Waals surface area contributed by atoms with E-state index in [-0.39, 0.29) is 23.9 Å². The average Bonchev–Trinajstić information content (AvgIpc) is 3.26. The fourth-order valence-corrected chi connectivity index (χ4v) is 5.94. The lowest BCUT2D eigenvalue weighted by Crippen LogP contribution is -2.53. The van der Waals surface area contributed by atoms with Gasteiger partial charge < -0.3 is 20.7 Å². The van der Waals surface area contributed by atoms with E-state index >= 15 is 0 Å². The Kier molecular flexibility index (Phi) is 5.73. The van der Waals surface area contributed by atoms with Crippen LogP contribution in [-0.4, -0.2) is 40.7 Å². The number of nitrogens with zero attached hydrogens (tertiary/aromatic N) is 2. The lowest BCUT2D eigenvalue weighted by atomic mass is 9.99. The topological polar surface area (TPSA) is 113 Å². The van der Waals surface area contributed by atoms with E-state index in [9.17, 15) is 14.4 Å². The number of hydrogen-bond donors (Lipinski definition) is 3. The number of pyridine rings is 1. The minimum Gasteiger partial charge on any atom is -0.457 e. The van der Waals surface area contributed by atoms with E-state index in [0.29, 0.717) is 36.5 Å². The molecule has 0 bridgehead atoms. The van der Waals surface area contributed by atoms with Gasteiger partial charge in [0.05, 0.1) is 17.4 Å². The van der Waals surface area contributed by atoms with Crippen LogP contribution in [0.1, 0.15) is 24.4 Å². The predicted octanol–water partition coefficient (Wildman–Crippen LogP) is 3.65. The second-order valence-corrected chi connectivity index (χ2v) is 9.94. The van der Waals surface area contributed by atoms with E-state index in [1.807, 2.05) is 54.6 Å². The Bertz CT molecular complexity index is 1320. The van der Waals surface area contributed by atoms with Crippen molar-refractivity contribution in [2.24, 2.45) is 0 Å². The molecule has 182 valence electrons. The van der Waals surface area contributed by atoms with Gasteiger partial charge in [0.2, 0.25) is 11.8 Å². The number of rotatable bonds is 5. The highest BCUT2D eigenvalue weighted by molar-refractivity contribution is 8.01. The lowest BCUT2D eigenvalue weighted by molar-refractivity contribution is -0.125. The molecule has 1 fully saturated rings. The Morgan fingerprint density at radius 3 is 2.58 bits per heavy atom. The van der Waals surface area contributed by atoms with Crippen LogP contribution in [0.2, 0.25) is 0 Å². The Hall–Kier alpha value is -4.05. The van der Waals surface area contributed by atoms with Crippen molar-refractivity contribution in [3.63, 3.8) is 0 Å². The van der Waals surface area contributed by atoms with Crippen LogP contribution in [0.5, 0.6) is 11.5 Å². The molecule has 4 heterocycles. The molecular formula is C26H23N5O4S. The summed E-state index contributed by atoms with van der Waals surface area (Å²) in [6.45, 7) is 0.410. The molecule has 0 aliphatic carbocycles. The fourth-order valence-electron chi connectivity index (χ4n) is 4.71. The second-order valence-electron chi connectivity index (χ2n) is 8.81. The standard InChI is InChI=1S/C26H23N5O4S/c32-20-11-6-15(14-28-20)29-24(33)23-22-21-19(12-13-27-25(21)36-23)31(26(34)30-22)16-7-9-18(10-8-16)35-17-4-2-1-3-5-17/h1-5,7-10,12-13,15,22-23H,6,11,14H2,(H,28,32)(H,29,33)(H,30,34). The van der Waals surface area contributed by atoms with Crippen LogP contribution in [0.25, 0.3) is 0 Å². The molecule has 3 aliphatic rings. The van der Waals surface area contributed by atoms with Crippen LogP contribution in [0.3, 0.4) is 0 Å². The number of aromatic nitrogens is 1. The van der Waals surface area contributed by atoms with Gasteiger partial charge in [0.25, 0.3) is 0 Å². The molecule has 3 N–H and O–H groups in total. The lowest BCUT2D eigenvalue weighted by Gasteiger charge is -2.34. The molecule has 1 saturated heterocycles. The summed E-state index contributed by atoms with van der Waals surface area (Å²) in [6, 6.07) is 17.6. The molecule has 0 radical (unpaired) electrons. The number of nitrogens with one attached hydrogen (secondary N) is 3. The number of carbonyl (C=O) groups excluding carboxylic acids is 3. The molecular weight excluding hydrogens is 478 g/mol. The van der Waals surface area contributed by atoms with Crippen LogP contribution in [0.4, 0.5) is 16.2 Å². The van der Waals surface area contributed by atoms with E-state index in [2.05, 4.69) is 20.9 Å². The highest BCUT2D eigenvalue weighted by atomic mass is 32.2. The van der Waals surface area contributed by atoms with Gasteiger partial charge in [-0.1, -0.05) is 30.0 Å². The van der Waals surface area contributed by atoms with Crippen molar-refractivity contribution in [2.45, 2.75) is 35.2 Å². The zero-order chi connectivity index (χ0) is 24.6. The largest absolute Gasteiger partial charge is 0.457 e. The number of amides is 4. The van der Waals surface area contributed by atoms with E-state index in [4.69, 9.17) is 4.74 Å². The summed E-state index contributed by atoms with van der Waals surface area (Å²) in [5.74, 6) is 1.21. The van der Waals surface area contributed by atoms with Crippen LogP contribution in [0.15, 0.2) is 71.9 Å². The van der Waals surface area contributed by atoms with Gasteiger partial charge in [0.1, 0.15) is 21.8 Å². The van der Waals surface area contributed by atoms with Gasteiger partial charge in [-0.15, -0.1) is 0 Å². The first-order valence-electron chi connectivity index (χ1n) is 11.7. The van der Waals surface area contributed by atoms with Crippen molar-refractivity contribution < 1.29 is 19.1 Å². The SMILES string of the molecule is O=C1CCC(NC(=O)C2Sc3nccc4c3C2NC(=O)N4c2ccc(Oc3ccccc3)cc2)CN1. The summed E-state index contributed by atoms with van der Waals surface area (Å²) >= 11 is 1.35. The van der Waals surface area contributed by atoms with Gasteiger partial charge in [-0.2, -0.15) is 0 Å². The highest BCUT2D eigenvalue weighted by Crippen LogP contribution is 2.50. The number of hydrogen-bond acceptors (Lipinski definition) is 6. The number of ether oxygens (including phenoxy) is 1. The van der Waals surface area contributed by atoms with Crippen molar-refractivity contribution in [1.82, 2.24) is 20.9 Å². The summed E-state index contributed by atoms with van der Waals surface area (Å²) < 4.78 is 5.87. The van der Waals surface area contributed by atoms with Crippen LogP contribution >= 0.6 is 11.8 Å². The first-order chi connectivity index (χ1) is 17.6. The van der Waals surface area contributed by atoms with Crippen molar-refractivity contribution in [2.75, 3.05) is 11.4 Å². The van der Waals surface area contributed by atoms with Gasteiger partial charge in [0, 0.05) is 30.8 Å². The maximum atomic E-state index is 13.3. The molecule has 6 rings (SSSR count). The van der Waals surface area contributed by atoms with Gasteiger partial charge in [-0.3, -0.25) is 14.5 Å². The summed E-state index contributed by atoms with van der Waals surface area (Å²) in [4.78, 5) is 44.0. The Balaban J connectivity index is 1.23. The Morgan fingerprint density at radius 2 is 1.83 bits per heavy atom. The number of thioether (sulfide) groups is 1. The quantitative estimate of drug-likeness (QED) is 0.492. The van der Waals surface area contributed by atoms with E-state index < -0.39 is 11.3 Å². The maximum Gasteiger partial charge on any atom is 0.327 e. The summed E-state index contributed by atoms with van der Waals surface area (Å²) in [7, 11) is 0. The molecule has 9 nitrogen and oxygen atoms in total. The normalized spacial score (nSPS) is 22.3. The fraction of sp³-hybridized carbons (Fsp3) is 0.231. The molecule has 1 aromatic heterocycles. The van der Waals surface area contributed by atoms with Crippen LogP contribution in [-0.2, 0) is 9.59 Å². The van der Waals surface area contributed by atoms with E-state index in [1.54, 1.807) is 17.2 Å². The molecule has 2 aromatic carbocycles. The average molecular weight is 502 g/mol. The molecule has 0 spiro atoms. The van der Waals surface area contributed by atoms with Crippen molar-refractivity contribution >= 4 is 41.0 Å². The summed E-state index contributed by atoms with van der Waals surface area (Å²) in [5, 5.41) is 9.01. The molecule has 4 amide bonds. The molecule has 10 heteroatoms. The smallest absolute Gasteiger partial charge is 0.327 e. The number of benzene rings is 2. The summed E-state index contributed by atoms with van der Waals surface area (Å²) in [6.07, 6.45) is 2.65. The first kappa shape index (κ1) is 22.4. The predicted molar refractivity (Wildman–Crippen MR) is 134 cm³/mol. The third kappa shape index (κ3) is 4.13. The van der Waals surface area contributed by atoms with E-state index in [0.717, 1.165) is 16.3 Å². The Labute approximate surface area is 211 Å². The van der Waals surface area contributed by atoms with Crippen molar-refractivity contribution in [3.8, 4) is 11.5 Å². The zero-order valence-electron chi connectivity index (χ0n) is 19.1.